The molecule has 0 aliphatic heterocycles. The zero-order valence-electron chi connectivity index (χ0n) is 13.2. The molecule has 1 amide bonds. The maximum atomic E-state index is 12.4. The van der Waals surface area contributed by atoms with Gasteiger partial charge in [-0.25, -0.2) is 4.79 Å². The molecule has 0 unspecified atom stereocenters. The van der Waals surface area contributed by atoms with E-state index >= 15 is 0 Å². The van der Waals surface area contributed by atoms with Crippen molar-refractivity contribution in [2.45, 2.75) is 57.0 Å². The lowest BCUT2D eigenvalue weighted by Crippen LogP contribution is -2.59. The number of carbonyl (C=O) groups is 2. The van der Waals surface area contributed by atoms with Gasteiger partial charge in [0.15, 0.2) is 0 Å². The summed E-state index contributed by atoms with van der Waals surface area (Å²) in [7, 11) is 0. The van der Waals surface area contributed by atoms with E-state index in [9.17, 15) is 9.59 Å². The molecule has 0 radical (unpaired) electrons. The molecule has 124 valence electrons. The molecule has 0 aromatic carbocycles. The van der Waals surface area contributed by atoms with Crippen molar-refractivity contribution in [2.24, 2.45) is 17.8 Å². The molecule has 1 aromatic rings. The lowest BCUT2D eigenvalue weighted by molar-refractivity contribution is -0.127. The standard InChI is InChI=1S/C17H23N3O3/c21-15(1-2-20-10-14(9-18-20)16(22)23)19-17-6-11-3-12(7-17)5-13(4-11)8-17/h9-13H,1-8H2,(H,19,21)(H,22,23). The van der Waals surface area contributed by atoms with E-state index in [2.05, 4.69) is 10.4 Å². The lowest BCUT2D eigenvalue weighted by atomic mass is 9.53. The van der Waals surface area contributed by atoms with Crippen molar-refractivity contribution in [1.82, 2.24) is 15.1 Å². The lowest BCUT2D eigenvalue weighted by Gasteiger charge is -2.56. The average molecular weight is 317 g/mol. The van der Waals surface area contributed by atoms with Crippen molar-refractivity contribution in [1.29, 1.82) is 0 Å². The SMILES string of the molecule is O=C(CCn1cc(C(=O)O)cn1)NC12CC3CC(CC(C3)C1)C2. The smallest absolute Gasteiger partial charge is 0.338 e. The third-order valence-corrected chi connectivity index (χ3v) is 5.89. The van der Waals surface area contributed by atoms with Crippen molar-refractivity contribution in [3.63, 3.8) is 0 Å². The van der Waals surface area contributed by atoms with Gasteiger partial charge in [-0.05, 0) is 56.3 Å². The summed E-state index contributed by atoms with van der Waals surface area (Å²) in [6.07, 6.45) is 10.7. The molecule has 4 aliphatic rings. The molecule has 0 spiro atoms. The largest absolute Gasteiger partial charge is 0.478 e. The zero-order chi connectivity index (χ0) is 16.0. The van der Waals surface area contributed by atoms with Gasteiger partial charge in [0.2, 0.25) is 5.91 Å². The van der Waals surface area contributed by atoms with E-state index in [4.69, 9.17) is 5.11 Å². The van der Waals surface area contributed by atoms with Crippen LogP contribution in [-0.2, 0) is 11.3 Å². The van der Waals surface area contributed by atoms with E-state index in [-0.39, 0.29) is 17.0 Å². The minimum Gasteiger partial charge on any atom is -0.478 e. The number of aryl methyl sites for hydroxylation is 1. The van der Waals surface area contributed by atoms with E-state index in [1.165, 1.54) is 36.3 Å². The third kappa shape index (κ3) is 2.86. The van der Waals surface area contributed by atoms with Gasteiger partial charge in [-0.15, -0.1) is 0 Å². The molecule has 5 rings (SSSR count). The number of hydrogen-bond donors (Lipinski definition) is 2. The fourth-order valence-electron chi connectivity index (χ4n) is 5.43. The van der Waals surface area contributed by atoms with Gasteiger partial charge < -0.3 is 10.4 Å². The molecule has 6 heteroatoms. The average Bonchev–Trinajstić information content (AvgIpc) is 2.92. The Balaban J connectivity index is 1.34. The molecule has 4 saturated carbocycles. The molecular weight excluding hydrogens is 294 g/mol. The van der Waals surface area contributed by atoms with E-state index in [1.54, 1.807) is 0 Å². The third-order valence-electron chi connectivity index (χ3n) is 5.89. The monoisotopic (exact) mass is 317 g/mol. The zero-order valence-corrected chi connectivity index (χ0v) is 13.2. The summed E-state index contributed by atoms with van der Waals surface area (Å²) in [6.45, 7) is 0.422. The van der Waals surface area contributed by atoms with Gasteiger partial charge >= 0.3 is 5.97 Å². The van der Waals surface area contributed by atoms with Gasteiger partial charge in [-0.2, -0.15) is 5.10 Å². The molecule has 0 atom stereocenters. The minimum atomic E-state index is -0.991. The first-order valence-electron chi connectivity index (χ1n) is 8.58. The Morgan fingerprint density at radius 3 is 2.35 bits per heavy atom. The summed E-state index contributed by atoms with van der Waals surface area (Å²) in [6, 6.07) is 0. The fourth-order valence-corrected chi connectivity index (χ4v) is 5.43. The van der Waals surface area contributed by atoms with Crippen LogP contribution < -0.4 is 5.32 Å². The van der Waals surface area contributed by atoms with Crippen molar-refractivity contribution >= 4 is 11.9 Å². The number of aromatic nitrogens is 2. The van der Waals surface area contributed by atoms with Crippen molar-refractivity contribution in [3.05, 3.63) is 18.0 Å². The molecule has 2 N–H and O–H groups in total. The number of rotatable bonds is 5. The fraction of sp³-hybridized carbons (Fsp3) is 0.706. The van der Waals surface area contributed by atoms with Crippen LogP contribution in [0.15, 0.2) is 12.4 Å². The van der Waals surface area contributed by atoms with E-state index in [1.807, 2.05) is 0 Å². The number of aromatic carboxylic acids is 1. The topological polar surface area (TPSA) is 84.2 Å². The Hall–Kier alpha value is -1.85. The molecule has 1 heterocycles. The number of amides is 1. The Morgan fingerprint density at radius 1 is 1.22 bits per heavy atom. The second-order valence-electron chi connectivity index (χ2n) is 7.79. The van der Waals surface area contributed by atoms with Crippen LogP contribution >= 0.6 is 0 Å². The van der Waals surface area contributed by atoms with Gasteiger partial charge in [0, 0.05) is 24.7 Å². The Kier molecular flexibility index (Phi) is 3.43. The van der Waals surface area contributed by atoms with E-state index in [0.29, 0.717) is 13.0 Å². The number of nitrogens with one attached hydrogen (secondary N) is 1. The summed E-state index contributed by atoms with van der Waals surface area (Å²) in [5, 5.41) is 16.2. The van der Waals surface area contributed by atoms with Crippen LogP contribution in [0.4, 0.5) is 0 Å². The van der Waals surface area contributed by atoms with Crippen molar-refractivity contribution in [3.8, 4) is 0 Å². The molecule has 6 nitrogen and oxygen atoms in total. The first-order chi connectivity index (χ1) is 11.0. The number of carbonyl (C=O) groups excluding carboxylic acids is 1. The van der Waals surface area contributed by atoms with Crippen molar-refractivity contribution < 1.29 is 14.7 Å². The number of hydrogen-bond acceptors (Lipinski definition) is 3. The predicted molar refractivity (Wildman–Crippen MR) is 82.8 cm³/mol. The Morgan fingerprint density at radius 2 is 1.83 bits per heavy atom. The van der Waals surface area contributed by atoms with Crippen LogP contribution in [0.2, 0.25) is 0 Å². The Labute approximate surface area is 135 Å². The second-order valence-corrected chi connectivity index (χ2v) is 7.79. The van der Waals surface area contributed by atoms with Crippen LogP contribution in [0, 0.1) is 17.8 Å². The summed E-state index contributed by atoms with van der Waals surface area (Å²) in [5.74, 6) is 1.51. The quantitative estimate of drug-likeness (QED) is 0.870. The molecule has 0 saturated heterocycles. The number of carboxylic acid groups (broad SMARTS) is 1. The molecule has 1 aromatic heterocycles. The van der Waals surface area contributed by atoms with Crippen LogP contribution in [0.1, 0.15) is 55.3 Å². The summed E-state index contributed by atoms with van der Waals surface area (Å²) in [5.41, 5.74) is 0.203. The van der Waals surface area contributed by atoms with Gasteiger partial charge in [0.25, 0.3) is 0 Å². The maximum Gasteiger partial charge on any atom is 0.338 e. The first kappa shape index (κ1) is 14.7. The summed E-state index contributed by atoms with van der Waals surface area (Å²) < 4.78 is 1.53. The normalized spacial score (nSPS) is 34.5. The van der Waals surface area contributed by atoms with Crippen LogP contribution in [0.3, 0.4) is 0 Å². The van der Waals surface area contributed by atoms with Crippen LogP contribution in [0.5, 0.6) is 0 Å². The Bertz CT molecular complexity index is 601. The highest BCUT2D eigenvalue weighted by Crippen LogP contribution is 2.55. The van der Waals surface area contributed by atoms with Gasteiger partial charge in [0.05, 0.1) is 11.8 Å². The molecule has 4 fully saturated rings. The van der Waals surface area contributed by atoms with E-state index in [0.717, 1.165) is 37.0 Å². The van der Waals surface area contributed by atoms with Crippen LogP contribution in [-0.4, -0.2) is 32.3 Å². The predicted octanol–water partition coefficient (Wildman–Crippen LogP) is 2.06. The second kappa shape index (κ2) is 5.35. The van der Waals surface area contributed by atoms with Gasteiger partial charge in [-0.1, -0.05) is 0 Å². The van der Waals surface area contributed by atoms with Crippen LogP contribution in [0.25, 0.3) is 0 Å². The number of nitrogens with zero attached hydrogens (tertiary/aromatic N) is 2. The maximum absolute atomic E-state index is 12.4. The van der Waals surface area contributed by atoms with Gasteiger partial charge in [-0.3, -0.25) is 9.48 Å². The van der Waals surface area contributed by atoms with E-state index < -0.39 is 5.97 Å². The molecule has 4 aliphatic carbocycles. The first-order valence-corrected chi connectivity index (χ1v) is 8.58. The number of carboxylic acids is 1. The minimum absolute atomic E-state index is 0.0438. The summed E-state index contributed by atoms with van der Waals surface area (Å²) in [4.78, 5) is 23.2. The molecular formula is C17H23N3O3. The highest BCUT2D eigenvalue weighted by atomic mass is 16.4. The summed E-state index contributed by atoms with van der Waals surface area (Å²) >= 11 is 0. The molecule has 4 bridgehead atoms. The van der Waals surface area contributed by atoms with Gasteiger partial charge in [0.1, 0.15) is 0 Å². The van der Waals surface area contributed by atoms with Crippen molar-refractivity contribution in [2.75, 3.05) is 0 Å². The highest BCUT2D eigenvalue weighted by molar-refractivity contribution is 5.86. The molecule has 23 heavy (non-hydrogen) atoms. The highest BCUT2D eigenvalue weighted by Gasteiger charge is 2.51.